The van der Waals surface area contributed by atoms with Gasteiger partial charge in [0, 0.05) is 19.2 Å². The summed E-state index contributed by atoms with van der Waals surface area (Å²) in [5.41, 5.74) is 0. The molecular weight excluding hydrogens is 224 g/mol. The highest BCUT2D eigenvalue weighted by Crippen LogP contribution is 2.28. The van der Waals surface area contributed by atoms with Crippen LogP contribution in [0.15, 0.2) is 0 Å². The minimum absolute atomic E-state index is 0.665. The van der Waals surface area contributed by atoms with Crippen LogP contribution in [0.2, 0.25) is 0 Å². The van der Waals surface area contributed by atoms with Crippen molar-refractivity contribution in [3.63, 3.8) is 0 Å². The fraction of sp³-hybridized carbons (Fsp3) is 1.00. The first-order valence-corrected chi connectivity index (χ1v) is 7.72. The maximum absolute atomic E-state index is 5.68. The van der Waals surface area contributed by atoms with E-state index < -0.39 is 0 Å². The van der Waals surface area contributed by atoms with Crippen molar-refractivity contribution in [1.29, 1.82) is 0 Å². The maximum Gasteiger partial charge on any atom is 0.0593 e. The molecule has 3 heteroatoms. The van der Waals surface area contributed by atoms with Gasteiger partial charge in [-0.25, -0.2) is 0 Å². The number of rotatable bonds is 12. The molecule has 0 aliphatic heterocycles. The Hall–Kier alpha value is -0.120. The Bertz CT molecular complexity index is 195. The summed E-state index contributed by atoms with van der Waals surface area (Å²) in [7, 11) is 2.21. The first-order valence-electron chi connectivity index (χ1n) is 7.72. The lowest BCUT2D eigenvalue weighted by molar-refractivity contribution is 0.0921. The van der Waals surface area contributed by atoms with E-state index in [2.05, 4.69) is 31.1 Å². The zero-order valence-electron chi connectivity index (χ0n) is 12.6. The SMILES string of the molecule is CCCNCCCC(C)N(C)CCOCC1CC1. The van der Waals surface area contributed by atoms with E-state index in [0.29, 0.717) is 6.04 Å². The molecular formula is C15H32N2O. The summed E-state index contributed by atoms with van der Waals surface area (Å²) in [5.74, 6) is 0.886. The van der Waals surface area contributed by atoms with Crippen LogP contribution in [-0.4, -0.2) is 50.8 Å². The summed E-state index contributed by atoms with van der Waals surface area (Å²) in [6, 6.07) is 0.665. The van der Waals surface area contributed by atoms with Crippen molar-refractivity contribution >= 4 is 0 Å². The fourth-order valence-electron chi connectivity index (χ4n) is 2.01. The van der Waals surface area contributed by atoms with Crippen molar-refractivity contribution in [2.45, 2.75) is 52.0 Å². The van der Waals surface area contributed by atoms with Gasteiger partial charge in [0.15, 0.2) is 0 Å². The molecule has 1 fully saturated rings. The second-order valence-electron chi connectivity index (χ2n) is 5.74. The molecule has 3 nitrogen and oxygen atoms in total. The molecule has 0 spiro atoms. The Morgan fingerprint density at radius 2 is 2.11 bits per heavy atom. The van der Waals surface area contributed by atoms with Crippen LogP contribution >= 0.6 is 0 Å². The highest BCUT2D eigenvalue weighted by atomic mass is 16.5. The number of hydrogen-bond donors (Lipinski definition) is 1. The predicted octanol–water partition coefficient (Wildman–Crippen LogP) is 2.51. The monoisotopic (exact) mass is 256 g/mol. The van der Waals surface area contributed by atoms with E-state index in [-0.39, 0.29) is 0 Å². The molecule has 108 valence electrons. The topological polar surface area (TPSA) is 24.5 Å². The smallest absolute Gasteiger partial charge is 0.0593 e. The van der Waals surface area contributed by atoms with Crippen LogP contribution < -0.4 is 5.32 Å². The van der Waals surface area contributed by atoms with E-state index in [1.54, 1.807) is 0 Å². The van der Waals surface area contributed by atoms with E-state index in [1.165, 1.54) is 32.1 Å². The molecule has 1 unspecified atom stereocenters. The third kappa shape index (κ3) is 8.06. The van der Waals surface area contributed by atoms with E-state index in [1.807, 2.05) is 0 Å². The van der Waals surface area contributed by atoms with Gasteiger partial charge >= 0.3 is 0 Å². The van der Waals surface area contributed by atoms with Gasteiger partial charge in [0.2, 0.25) is 0 Å². The summed E-state index contributed by atoms with van der Waals surface area (Å²) in [5, 5.41) is 3.46. The van der Waals surface area contributed by atoms with Crippen molar-refractivity contribution in [3.8, 4) is 0 Å². The second-order valence-corrected chi connectivity index (χ2v) is 5.74. The van der Waals surface area contributed by atoms with Gasteiger partial charge in [-0.1, -0.05) is 6.92 Å². The summed E-state index contributed by atoms with van der Waals surface area (Å²) >= 11 is 0. The highest BCUT2D eigenvalue weighted by molar-refractivity contribution is 4.72. The Balaban J connectivity index is 1.88. The highest BCUT2D eigenvalue weighted by Gasteiger charge is 2.21. The zero-order valence-corrected chi connectivity index (χ0v) is 12.6. The van der Waals surface area contributed by atoms with Crippen LogP contribution in [0.1, 0.15) is 46.0 Å². The van der Waals surface area contributed by atoms with Gasteiger partial charge in [-0.3, -0.25) is 0 Å². The Morgan fingerprint density at radius 3 is 2.78 bits per heavy atom. The first kappa shape index (κ1) is 15.9. The van der Waals surface area contributed by atoms with Crippen LogP contribution in [0, 0.1) is 5.92 Å². The lowest BCUT2D eigenvalue weighted by Crippen LogP contribution is -2.33. The van der Waals surface area contributed by atoms with Crippen LogP contribution in [0.3, 0.4) is 0 Å². The average molecular weight is 256 g/mol. The van der Waals surface area contributed by atoms with E-state index in [9.17, 15) is 0 Å². The van der Waals surface area contributed by atoms with Crippen LogP contribution in [0.4, 0.5) is 0 Å². The molecule has 0 aromatic rings. The predicted molar refractivity (Wildman–Crippen MR) is 78.0 cm³/mol. The van der Waals surface area contributed by atoms with Gasteiger partial charge in [-0.15, -0.1) is 0 Å². The van der Waals surface area contributed by atoms with Gasteiger partial charge in [-0.2, -0.15) is 0 Å². The van der Waals surface area contributed by atoms with Gasteiger partial charge in [-0.05, 0) is 65.1 Å². The van der Waals surface area contributed by atoms with Crippen molar-refractivity contribution in [2.24, 2.45) is 5.92 Å². The van der Waals surface area contributed by atoms with Crippen molar-refractivity contribution < 1.29 is 4.74 Å². The zero-order chi connectivity index (χ0) is 13.2. The van der Waals surface area contributed by atoms with Crippen LogP contribution in [0.25, 0.3) is 0 Å². The Labute approximate surface area is 113 Å². The molecule has 1 N–H and O–H groups in total. The molecule has 0 aromatic heterocycles. The molecule has 0 radical (unpaired) electrons. The van der Waals surface area contributed by atoms with E-state index >= 15 is 0 Å². The standard InChI is InChI=1S/C15H32N2O/c1-4-9-16-10-5-6-14(2)17(3)11-12-18-13-15-7-8-15/h14-16H,4-13H2,1-3H3. The van der Waals surface area contributed by atoms with Gasteiger partial charge in [0.25, 0.3) is 0 Å². The molecule has 1 rings (SSSR count). The number of nitrogens with one attached hydrogen (secondary N) is 1. The summed E-state index contributed by atoms with van der Waals surface area (Å²) < 4.78 is 5.68. The second kappa shape index (κ2) is 9.76. The molecule has 0 amide bonds. The summed E-state index contributed by atoms with van der Waals surface area (Å²) in [4.78, 5) is 2.42. The van der Waals surface area contributed by atoms with Gasteiger partial charge < -0.3 is 15.0 Å². The van der Waals surface area contributed by atoms with E-state index in [4.69, 9.17) is 4.74 Å². The minimum atomic E-state index is 0.665. The van der Waals surface area contributed by atoms with Gasteiger partial charge in [0.05, 0.1) is 6.61 Å². The fourth-order valence-corrected chi connectivity index (χ4v) is 2.01. The van der Waals surface area contributed by atoms with Crippen molar-refractivity contribution in [2.75, 3.05) is 39.9 Å². The van der Waals surface area contributed by atoms with Crippen molar-refractivity contribution in [1.82, 2.24) is 10.2 Å². The molecule has 18 heavy (non-hydrogen) atoms. The molecule has 0 heterocycles. The number of hydrogen-bond acceptors (Lipinski definition) is 3. The molecule has 0 bridgehead atoms. The number of nitrogens with zero attached hydrogens (tertiary/aromatic N) is 1. The largest absolute Gasteiger partial charge is 0.380 e. The van der Waals surface area contributed by atoms with Crippen molar-refractivity contribution in [3.05, 3.63) is 0 Å². The van der Waals surface area contributed by atoms with Crippen LogP contribution in [-0.2, 0) is 4.74 Å². The summed E-state index contributed by atoms with van der Waals surface area (Å²) in [6.45, 7) is 9.79. The minimum Gasteiger partial charge on any atom is -0.380 e. The van der Waals surface area contributed by atoms with Gasteiger partial charge in [0.1, 0.15) is 0 Å². The first-order chi connectivity index (χ1) is 8.74. The molecule has 0 saturated heterocycles. The number of ether oxygens (including phenoxy) is 1. The van der Waals surface area contributed by atoms with E-state index in [0.717, 1.165) is 38.8 Å². The molecule has 1 atom stereocenters. The Morgan fingerprint density at radius 1 is 1.33 bits per heavy atom. The maximum atomic E-state index is 5.68. The lowest BCUT2D eigenvalue weighted by atomic mass is 10.1. The average Bonchev–Trinajstić information content (AvgIpc) is 3.18. The van der Waals surface area contributed by atoms with Crippen LogP contribution in [0.5, 0.6) is 0 Å². The third-order valence-electron chi connectivity index (χ3n) is 3.79. The quantitative estimate of drug-likeness (QED) is 0.543. The molecule has 1 saturated carbocycles. The molecule has 1 aliphatic rings. The Kier molecular flexibility index (Phi) is 8.64. The number of likely N-dealkylation sites (N-methyl/N-ethyl adjacent to an activating group) is 1. The lowest BCUT2D eigenvalue weighted by Gasteiger charge is -2.24. The molecule has 0 aromatic carbocycles. The third-order valence-corrected chi connectivity index (χ3v) is 3.79. The normalized spacial score (nSPS) is 17.3. The molecule has 1 aliphatic carbocycles. The summed E-state index contributed by atoms with van der Waals surface area (Å²) in [6.07, 6.45) is 6.55.